The highest BCUT2D eigenvalue weighted by Gasteiger charge is 2.26. The van der Waals surface area contributed by atoms with E-state index in [-0.39, 0.29) is 6.04 Å². The molecule has 1 aromatic carbocycles. The average molecular weight is 432 g/mol. The number of rotatable bonds is 3. The first-order valence-corrected chi connectivity index (χ1v) is 8.92. The highest BCUT2D eigenvalue weighted by atomic mass is 127. The van der Waals surface area contributed by atoms with E-state index < -0.39 is 0 Å². The molecule has 1 aliphatic rings. The Bertz CT molecular complexity index is 906. The van der Waals surface area contributed by atoms with Gasteiger partial charge in [-0.2, -0.15) is 15.2 Å². The van der Waals surface area contributed by atoms with Crippen molar-refractivity contribution in [2.24, 2.45) is 0 Å². The van der Waals surface area contributed by atoms with Crippen molar-refractivity contribution >= 4 is 34.2 Å². The van der Waals surface area contributed by atoms with Gasteiger partial charge in [0, 0.05) is 27.6 Å². The number of anilines is 1. The Labute approximate surface area is 153 Å². The molecular weight excluding hydrogens is 415 g/mol. The summed E-state index contributed by atoms with van der Waals surface area (Å²) in [5.74, 6) is 0.750. The van der Waals surface area contributed by atoms with Crippen LogP contribution in [0.2, 0.25) is 0 Å². The fraction of sp³-hybridized carbons (Fsp3) is 0.235. The lowest BCUT2D eigenvalue weighted by atomic mass is 10.0. The summed E-state index contributed by atoms with van der Waals surface area (Å²) in [6.45, 7) is 4.98. The Kier molecular flexibility index (Phi) is 3.87. The van der Waals surface area contributed by atoms with Crippen molar-refractivity contribution in [3.63, 3.8) is 0 Å². The number of aryl methyl sites for hydroxylation is 2. The van der Waals surface area contributed by atoms with Gasteiger partial charge in [0.25, 0.3) is 0 Å². The number of benzene rings is 1. The molecule has 1 atom stereocenters. The van der Waals surface area contributed by atoms with E-state index in [9.17, 15) is 0 Å². The Morgan fingerprint density at radius 2 is 2.04 bits per heavy atom. The highest BCUT2D eigenvalue weighted by Crippen LogP contribution is 2.33. The summed E-state index contributed by atoms with van der Waals surface area (Å²) in [5, 5.41) is 12.3. The average Bonchev–Trinajstić information content (AvgIpc) is 3.20. The van der Waals surface area contributed by atoms with Crippen LogP contribution in [0.1, 0.15) is 29.8 Å². The van der Waals surface area contributed by atoms with Crippen LogP contribution in [0.3, 0.4) is 0 Å². The maximum Gasteiger partial charge on any atom is 0.226 e. The number of halogens is 1. The van der Waals surface area contributed by atoms with Crippen molar-refractivity contribution in [2.45, 2.75) is 26.4 Å². The molecule has 3 heterocycles. The second-order valence-electron chi connectivity index (χ2n) is 5.71. The second kappa shape index (κ2) is 6.04. The first-order valence-electron chi connectivity index (χ1n) is 7.84. The molecule has 6 nitrogen and oxygen atoms in total. The minimum Gasteiger partial charge on any atom is -0.324 e. The lowest BCUT2D eigenvalue weighted by Crippen LogP contribution is -2.20. The van der Waals surface area contributed by atoms with E-state index in [1.807, 2.05) is 16.3 Å². The number of hydrogen-bond donors (Lipinski definition) is 1. The third kappa shape index (κ3) is 2.62. The molecule has 1 aliphatic heterocycles. The number of aromatic nitrogens is 5. The summed E-state index contributed by atoms with van der Waals surface area (Å²) in [6, 6.07) is 8.43. The lowest BCUT2D eigenvalue weighted by molar-refractivity contribution is 0.607. The minimum absolute atomic E-state index is 0.0154. The van der Waals surface area contributed by atoms with Gasteiger partial charge < -0.3 is 5.32 Å². The SMILES string of the molecule is CCn1cc(C2C=C(c3ccc(I)cc3)Nc3ncnn32)c(C)n1. The first kappa shape index (κ1) is 15.4. The molecule has 0 aliphatic carbocycles. The molecule has 0 saturated carbocycles. The van der Waals surface area contributed by atoms with Gasteiger partial charge >= 0.3 is 0 Å². The quantitative estimate of drug-likeness (QED) is 0.645. The number of fused-ring (bicyclic) bond motifs is 1. The largest absolute Gasteiger partial charge is 0.324 e. The van der Waals surface area contributed by atoms with E-state index >= 15 is 0 Å². The number of allylic oxidation sites excluding steroid dienone is 1. The van der Waals surface area contributed by atoms with Crippen LogP contribution in [0.25, 0.3) is 5.70 Å². The van der Waals surface area contributed by atoms with E-state index in [4.69, 9.17) is 0 Å². The Morgan fingerprint density at radius 3 is 2.75 bits per heavy atom. The van der Waals surface area contributed by atoms with Crippen LogP contribution < -0.4 is 5.32 Å². The summed E-state index contributed by atoms with van der Waals surface area (Å²) in [7, 11) is 0. The van der Waals surface area contributed by atoms with E-state index in [0.29, 0.717) is 0 Å². The standard InChI is InChI=1S/C17H17IN6/c1-3-23-9-14(11(2)22-23)16-8-15(12-4-6-13(18)7-5-12)21-17-19-10-20-24(16)17/h4-10,16H,3H2,1-2H3,(H,19,20,21). The number of hydrogen-bond acceptors (Lipinski definition) is 4. The summed E-state index contributed by atoms with van der Waals surface area (Å²) >= 11 is 2.31. The van der Waals surface area contributed by atoms with Gasteiger partial charge in [0.1, 0.15) is 12.4 Å². The minimum atomic E-state index is -0.0154. The van der Waals surface area contributed by atoms with Crippen LogP contribution in [0.4, 0.5) is 5.95 Å². The topological polar surface area (TPSA) is 60.6 Å². The van der Waals surface area contributed by atoms with Gasteiger partial charge in [-0.3, -0.25) is 4.68 Å². The molecule has 0 bridgehead atoms. The van der Waals surface area contributed by atoms with Crippen molar-refractivity contribution in [3.8, 4) is 0 Å². The van der Waals surface area contributed by atoms with Crippen molar-refractivity contribution in [1.29, 1.82) is 0 Å². The summed E-state index contributed by atoms with van der Waals surface area (Å²) in [6.07, 6.45) is 5.87. The predicted octanol–water partition coefficient (Wildman–Crippen LogP) is 3.46. The van der Waals surface area contributed by atoms with Gasteiger partial charge in [0.2, 0.25) is 5.95 Å². The molecule has 0 spiro atoms. The zero-order valence-electron chi connectivity index (χ0n) is 13.4. The molecule has 1 N–H and O–H groups in total. The molecule has 4 rings (SSSR count). The molecule has 122 valence electrons. The number of nitrogens with one attached hydrogen (secondary N) is 1. The molecule has 7 heteroatoms. The normalized spacial score (nSPS) is 16.5. The summed E-state index contributed by atoms with van der Waals surface area (Å²) in [4.78, 5) is 4.35. The molecule has 24 heavy (non-hydrogen) atoms. The number of nitrogens with zero attached hydrogens (tertiary/aromatic N) is 5. The molecule has 0 saturated heterocycles. The second-order valence-corrected chi connectivity index (χ2v) is 6.96. The van der Waals surface area contributed by atoms with Crippen LogP contribution in [0.5, 0.6) is 0 Å². The predicted molar refractivity (Wildman–Crippen MR) is 102 cm³/mol. The Hall–Kier alpha value is -2.16. The monoisotopic (exact) mass is 432 g/mol. The van der Waals surface area contributed by atoms with Crippen molar-refractivity contribution in [2.75, 3.05) is 5.32 Å². The van der Waals surface area contributed by atoms with E-state index in [2.05, 4.69) is 86.6 Å². The van der Waals surface area contributed by atoms with Crippen molar-refractivity contribution < 1.29 is 0 Å². The van der Waals surface area contributed by atoms with Gasteiger partial charge in [-0.05, 0) is 60.2 Å². The molecule has 2 aromatic heterocycles. The highest BCUT2D eigenvalue weighted by molar-refractivity contribution is 14.1. The molecule has 0 fully saturated rings. The zero-order valence-corrected chi connectivity index (χ0v) is 15.6. The fourth-order valence-corrected chi connectivity index (χ4v) is 3.30. The van der Waals surface area contributed by atoms with Crippen LogP contribution in [0.15, 0.2) is 42.9 Å². The first-order chi connectivity index (χ1) is 11.7. The van der Waals surface area contributed by atoms with Crippen LogP contribution in [-0.2, 0) is 6.54 Å². The van der Waals surface area contributed by atoms with Crippen LogP contribution in [-0.4, -0.2) is 24.5 Å². The van der Waals surface area contributed by atoms with Gasteiger partial charge in [0.05, 0.1) is 5.69 Å². The summed E-state index contributed by atoms with van der Waals surface area (Å²) < 4.78 is 5.08. The van der Waals surface area contributed by atoms with Crippen LogP contribution in [0, 0.1) is 10.5 Å². The molecule has 0 radical (unpaired) electrons. The molecule has 0 amide bonds. The van der Waals surface area contributed by atoms with E-state index in [0.717, 1.165) is 35.0 Å². The van der Waals surface area contributed by atoms with Crippen molar-refractivity contribution in [1.82, 2.24) is 24.5 Å². The molecular formula is C17H17IN6. The smallest absolute Gasteiger partial charge is 0.226 e. The third-order valence-electron chi connectivity index (χ3n) is 4.19. The fourth-order valence-electron chi connectivity index (χ4n) is 2.94. The van der Waals surface area contributed by atoms with Gasteiger partial charge in [-0.15, -0.1) is 0 Å². The van der Waals surface area contributed by atoms with Gasteiger partial charge in [-0.1, -0.05) is 12.1 Å². The molecule has 3 aromatic rings. The van der Waals surface area contributed by atoms with Gasteiger partial charge in [-0.25, -0.2) is 4.68 Å². The maximum absolute atomic E-state index is 4.58. The zero-order chi connectivity index (χ0) is 16.7. The van der Waals surface area contributed by atoms with Crippen molar-refractivity contribution in [3.05, 3.63) is 63.3 Å². The third-order valence-corrected chi connectivity index (χ3v) is 4.91. The van der Waals surface area contributed by atoms with E-state index in [1.54, 1.807) is 6.33 Å². The van der Waals surface area contributed by atoms with Crippen LogP contribution >= 0.6 is 22.6 Å². The summed E-state index contributed by atoms with van der Waals surface area (Å²) in [5.41, 5.74) is 4.34. The maximum atomic E-state index is 4.58. The lowest BCUT2D eigenvalue weighted by Gasteiger charge is -2.24. The van der Waals surface area contributed by atoms with E-state index in [1.165, 1.54) is 3.57 Å². The molecule has 1 unspecified atom stereocenters. The Balaban J connectivity index is 1.81. The Morgan fingerprint density at radius 1 is 1.25 bits per heavy atom. The van der Waals surface area contributed by atoms with Gasteiger partial charge in [0.15, 0.2) is 0 Å².